The maximum absolute atomic E-state index is 12.3. The van der Waals surface area contributed by atoms with Crippen LogP contribution in [0, 0.1) is 6.04 Å². The molecule has 3 nitrogen and oxygen atoms in total. The van der Waals surface area contributed by atoms with Crippen molar-refractivity contribution in [3.63, 3.8) is 0 Å². The van der Waals surface area contributed by atoms with Crippen LogP contribution in [-0.2, 0) is 10.0 Å². The molecule has 1 saturated heterocycles. The van der Waals surface area contributed by atoms with E-state index >= 15 is 0 Å². The zero-order chi connectivity index (χ0) is 12.6. The topological polar surface area (TPSA) is 37.4 Å². The van der Waals surface area contributed by atoms with Crippen LogP contribution in [0.15, 0.2) is 23.1 Å². The summed E-state index contributed by atoms with van der Waals surface area (Å²) in [5.41, 5.74) is 0. The molecule has 1 aliphatic rings. The lowest BCUT2D eigenvalue weighted by Crippen LogP contribution is -2.29. The zero-order valence-corrected chi connectivity index (χ0v) is 11.6. The molecule has 0 bridgehead atoms. The van der Waals surface area contributed by atoms with Crippen LogP contribution in [0.5, 0.6) is 0 Å². The van der Waals surface area contributed by atoms with Gasteiger partial charge in [0.2, 0.25) is 10.0 Å². The maximum atomic E-state index is 12.3. The van der Waals surface area contributed by atoms with Crippen molar-refractivity contribution in [3.05, 3.63) is 34.3 Å². The second kappa shape index (κ2) is 4.76. The molecule has 1 aromatic carbocycles. The van der Waals surface area contributed by atoms with Crippen LogP contribution in [0.2, 0.25) is 10.0 Å². The van der Waals surface area contributed by atoms with Crippen LogP contribution in [-0.4, -0.2) is 19.3 Å². The van der Waals surface area contributed by atoms with Gasteiger partial charge in [-0.05, 0) is 38.0 Å². The van der Waals surface area contributed by atoms with E-state index in [1.165, 1.54) is 22.5 Å². The summed E-state index contributed by atoms with van der Waals surface area (Å²) in [5.74, 6) is 0. The summed E-state index contributed by atoms with van der Waals surface area (Å²) in [6.45, 7) is 2.36. The van der Waals surface area contributed by atoms with Crippen molar-refractivity contribution in [1.82, 2.24) is 4.31 Å². The van der Waals surface area contributed by atoms with E-state index in [1.54, 1.807) is 0 Å². The molecular weight excluding hydrogens is 281 g/mol. The van der Waals surface area contributed by atoms with E-state index in [4.69, 9.17) is 23.2 Å². The van der Waals surface area contributed by atoms with Gasteiger partial charge in [-0.2, -0.15) is 4.31 Å². The first-order chi connectivity index (χ1) is 7.91. The summed E-state index contributed by atoms with van der Waals surface area (Å²) < 4.78 is 26.1. The fourth-order valence-electron chi connectivity index (χ4n) is 1.92. The molecule has 0 N–H and O–H groups in total. The summed E-state index contributed by atoms with van der Waals surface area (Å²) in [6.07, 6.45) is 1.67. The fraction of sp³-hybridized carbons (Fsp3) is 0.364. The number of halogens is 2. The Balaban J connectivity index is 2.44. The van der Waals surface area contributed by atoms with Gasteiger partial charge < -0.3 is 0 Å². The van der Waals surface area contributed by atoms with Gasteiger partial charge in [0.15, 0.2) is 0 Å². The van der Waals surface area contributed by atoms with E-state index in [9.17, 15) is 8.42 Å². The van der Waals surface area contributed by atoms with Gasteiger partial charge in [-0.1, -0.05) is 23.2 Å². The molecule has 0 aromatic heterocycles. The van der Waals surface area contributed by atoms with Gasteiger partial charge in [0.25, 0.3) is 0 Å². The predicted octanol–water partition coefficient (Wildman–Crippen LogP) is 3.33. The van der Waals surface area contributed by atoms with E-state index in [1.807, 2.05) is 6.92 Å². The molecule has 1 aromatic rings. The first-order valence-electron chi connectivity index (χ1n) is 5.22. The van der Waals surface area contributed by atoms with Crippen LogP contribution < -0.4 is 0 Å². The van der Waals surface area contributed by atoms with Crippen LogP contribution in [0.1, 0.15) is 19.8 Å². The molecule has 0 unspecified atom stereocenters. The largest absolute Gasteiger partial charge is 0.243 e. The molecule has 1 aliphatic heterocycles. The summed E-state index contributed by atoms with van der Waals surface area (Å²) >= 11 is 11.7. The van der Waals surface area contributed by atoms with E-state index in [2.05, 4.69) is 0 Å². The maximum Gasteiger partial charge on any atom is 0.243 e. The third kappa shape index (κ3) is 2.60. The van der Waals surface area contributed by atoms with E-state index in [-0.39, 0.29) is 4.90 Å². The SMILES string of the molecule is C[C]1CCCN1S(=O)(=O)c1cc(Cl)cc(Cl)c1. The second-order valence-electron chi connectivity index (χ2n) is 4.02. The summed E-state index contributed by atoms with van der Waals surface area (Å²) in [6, 6.07) is 5.23. The monoisotopic (exact) mass is 292 g/mol. The highest BCUT2D eigenvalue weighted by Crippen LogP contribution is 2.32. The van der Waals surface area contributed by atoms with Gasteiger partial charge >= 0.3 is 0 Å². The van der Waals surface area contributed by atoms with Crippen LogP contribution in [0.25, 0.3) is 0 Å². The molecule has 0 saturated carbocycles. The number of benzene rings is 1. The van der Waals surface area contributed by atoms with Gasteiger partial charge in [-0.3, -0.25) is 0 Å². The van der Waals surface area contributed by atoms with Crippen LogP contribution in [0.3, 0.4) is 0 Å². The molecule has 0 spiro atoms. The lowest BCUT2D eigenvalue weighted by Gasteiger charge is -2.20. The third-order valence-corrected chi connectivity index (χ3v) is 5.09. The zero-order valence-electron chi connectivity index (χ0n) is 9.28. The highest BCUT2D eigenvalue weighted by atomic mass is 35.5. The Hall–Kier alpha value is -0.290. The first-order valence-corrected chi connectivity index (χ1v) is 7.42. The molecule has 17 heavy (non-hydrogen) atoms. The first kappa shape index (κ1) is 13.1. The molecule has 1 radical (unpaired) electrons. The average molecular weight is 293 g/mol. The Bertz CT molecular complexity index is 510. The quantitative estimate of drug-likeness (QED) is 0.838. The van der Waals surface area contributed by atoms with Crippen molar-refractivity contribution in [3.8, 4) is 0 Å². The molecule has 6 heteroatoms. The van der Waals surface area contributed by atoms with Gasteiger partial charge in [-0.15, -0.1) is 0 Å². The Morgan fingerprint density at radius 1 is 1.18 bits per heavy atom. The normalized spacial score (nSPS) is 18.8. The summed E-state index contributed by atoms with van der Waals surface area (Å²) in [5, 5.41) is 0.654. The highest BCUT2D eigenvalue weighted by molar-refractivity contribution is 7.89. The Kier molecular flexibility index (Phi) is 3.69. The third-order valence-electron chi connectivity index (χ3n) is 2.75. The number of nitrogens with zero attached hydrogens (tertiary/aromatic N) is 1. The number of hydrogen-bond donors (Lipinski definition) is 0. The van der Waals surface area contributed by atoms with Crippen molar-refractivity contribution in [2.75, 3.05) is 6.54 Å². The van der Waals surface area contributed by atoms with Crippen molar-refractivity contribution in [2.45, 2.75) is 24.7 Å². The Labute approximate surface area is 111 Å². The van der Waals surface area contributed by atoms with Crippen molar-refractivity contribution >= 4 is 33.2 Å². The van der Waals surface area contributed by atoms with Gasteiger partial charge in [-0.25, -0.2) is 8.42 Å². The predicted molar refractivity (Wildman–Crippen MR) is 68.5 cm³/mol. The molecule has 1 heterocycles. The van der Waals surface area contributed by atoms with Crippen molar-refractivity contribution in [2.24, 2.45) is 0 Å². The molecule has 0 amide bonds. The standard InChI is InChI=1S/C11H12Cl2NO2S/c1-8-3-2-4-14(8)17(15,16)11-6-9(12)5-10(13)7-11/h5-7H,2-4H2,1H3. The van der Waals surface area contributed by atoms with E-state index < -0.39 is 10.0 Å². The van der Waals surface area contributed by atoms with Crippen LogP contribution in [0.4, 0.5) is 0 Å². The van der Waals surface area contributed by atoms with Gasteiger partial charge in [0.05, 0.1) is 10.9 Å². The minimum Gasteiger partial charge on any atom is -0.207 e. The lowest BCUT2D eigenvalue weighted by molar-refractivity contribution is 0.477. The molecule has 0 atom stereocenters. The lowest BCUT2D eigenvalue weighted by atomic mass is 10.3. The average Bonchev–Trinajstić information content (AvgIpc) is 2.63. The van der Waals surface area contributed by atoms with Crippen LogP contribution >= 0.6 is 23.2 Å². The van der Waals surface area contributed by atoms with E-state index in [0.29, 0.717) is 16.6 Å². The smallest absolute Gasteiger partial charge is 0.207 e. The van der Waals surface area contributed by atoms with Crippen molar-refractivity contribution in [1.29, 1.82) is 0 Å². The Morgan fingerprint density at radius 3 is 2.24 bits per heavy atom. The van der Waals surface area contributed by atoms with Crippen molar-refractivity contribution < 1.29 is 8.42 Å². The molecule has 93 valence electrons. The minimum absolute atomic E-state index is 0.149. The summed E-state index contributed by atoms with van der Waals surface area (Å²) in [7, 11) is -3.51. The highest BCUT2D eigenvalue weighted by Gasteiger charge is 2.33. The molecule has 2 rings (SSSR count). The Morgan fingerprint density at radius 2 is 1.76 bits per heavy atom. The summed E-state index contributed by atoms with van der Waals surface area (Å²) in [4.78, 5) is 0.149. The van der Waals surface area contributed by atoms with E-state index in [0.717, 1.165) is 18.9 Å². The second-order valence-corrected chi connectivity index (χ2v) is 6.76. The number of sulfonamides is 1. The molecule has 0 aliphatic carbocycles. The number of hydrogen-bond acceptors (Lipinski definition) is 2. The minimum atomic E-state index is -3.51. The molecular formula is C11H12Cl2NO2S. The number of rotatable bonds is 2. The van der Waals surface area contributed by atoms with Gasteiger partial charge in [0.1, 0.15) is 0 Å². The fourth-order valence-corrected chi connectivity index (χ4v) is 4.26. The molecule has 1 fully saturated rings. The van der Waals surface area contributed by atoms with Gasteiger partial charge in [0, 0.05) is 16.6 Å².